The Morgan fingerprint density at radius 3 is 2.28 bits per heavy atom. The Bertz CT molecular complexity index is 1250. The number of unbranched alkanes of at least 4 members (excludes halogenated alkanes) is 5. The molecule has 1 aliphatic carbocycles. The van der Waals surface area contributed by atoms with Gasteiger partial charge in [-0.1, -0.05) is 65.4 Å². The fourth-order valence-corrected chi connectivity index (χ4v) is 5.90. The van der Waals surface area contributed by atoms with E-state index in [0.717, 1.165) is 61.4 Å². The number of benzene rings is 1. The molecule has 0 fully saturated rings. The van der Waals surface area contributed by atoms with Crippen LogP contribution in [-0.2, 0) is 11.2 Å². The summed E-state index contributed by atoms with van der Waals surface area (Å²) in [5, 5.41) is 12.8. The smallest absolute Gasteiger partial charge is 0.184 e. The number of allylic oxidation sites excluding steroid dienone is 5. The first-order valence-electron chi connectivity index (χ1n) is 15.8. The molecule has 0 bridgehead atoms. The van der Waals surface area contributed by atoms with Crippen LogP contribution in [0.4, 0.5) is 0 Å². The molecule has 0 spiro atoms. The van der Waals surface area contributed by atoms with Gasteiger partial charge < -0.3 is 24.1 Å². The number of hydrogen-bond acceptors (Lipinski definition) is 6. The summed E-state index contributed by atoms with van der Waals surface area (Å²) in [6, 6.07) is 1.78. The number of methoxy groups -OCH3 is 1. The molecule has 1 heterocycles. The van der Waals surface area contributed by atoms with Crippen molar-refractivity contribution in [3.63, 3.8) is 0 Å². The third-order valence-electron chi connectivity index (χ3n) is 8.13. The van der Waals surface area contributed by atoms with Crippen LogP contribution in [0.25, 0.3) is 0 Å². The fraction of sp³-hybridized carbons (Fsp3) is 0.583. The monoisotopic (exact) mass is 658 g/mol. The highest BCUT2D eigenvalue weighted by Crippen LogP contribution is 2.52. The Kier molecular flexibility index (Phi) is 13.3. The lowest BCUT2D eigenvalue weighted by Crippen LogP contribution is -2.50. The highest BCUT2D eigenvalue weighted by molar-refractivity contribution is 9.09. The lowest BCUT2D eigenvalue weighted by Gasteiger charge is -2.43. The largest absolute Gasteiger partial charge is 0.511 e. The van der Waals surface area contributed by atoms with Gasteiger partial charge in [-0.3, -0.25) is 4.79 Å². The van der Waals surface area contributed by atoms with Gasteiger partial charge in [-0.25, -0.2) is 0 Å². The van der Waals surface area contributed by atoms with Crippen molar-refractivity contribution in [3.05, 3.63) is 63.7 Å². The standard InChI is InChI=1S/C36H51BrO6/c1-8-9-10-13-20-41-28-23-31-36(6,34(38)26(28)17-15-24(2)3)35(39)32-27(18-16-25(4)5)33(40-7)30(22-29(32)43-31)42-21-14-11-12-19-37/h15-16,22-23,31,38H,8-14,17-21H2,1-7H3. The van der Waals surface area contributed by atoms with Gasteiger partial charge >= 0.3 is 0 Å². The molecule has 2 atom stereocenters. The van der Waals surface area contributed by atoms with E-state index in [1.54, 1.807) is 20.1 Å². The number of carbonyl (C=O) groups excluding carboxylic acids is 1. The van der Waals surface area contributed by atoms with Crippen LogP contribution in [0.1, 0.15) is 109 Å². The average molecular weight is 660 g/mol. The number of hydrogen-bond donors (Lipinski definition) is 1. The molecule has 1 N–H and O–H groups in total. The molecule has 0 radical (unpaired) electrons. The lowest BCUT2D eigenvalue weighted by atomic mass is 9.68. The second-order valence-electron chi connectivity index (χ2n) is 12.2. The molecule has 7 heteroatoms. The Labute approximate surface area is 267 Å². The third-order valence-corrected chi connectivity index (χ3v) is 8.69. The summed E-state index contributed by atoms with van der Waals surface area (Å²) in [5.74, 6) is 1.95. The van der Waals surface area contributed by atoms with Crippen molar-refractivity contribution in [2.75, 3.05) is 25.7 Å². The minimum atomic E-state index is -1.31. The number of aliphatic hydroxyl groups excluding tert-OH is 1. The van der Waals surface area contributed by atoms with Crippen LogP contribution < -0.4 is 14.2 Å². The van der Waals surface area contributed by atoms with Crippen LogP contribution >= 0.6 is 15.9 Å². The zero-order valence-corrected chi connectivity index (χ0v) is 28.8. The zero-order valence-electron chi connectivity index (χ0n) is 27.2. The maximum atomic E-state index is 14.6. The van der Waals surface area contributed by atoms with E-state index in [2.05, 4.69) is 35.0 Å². The predicted molar refractivity (Wildman–Crippen MR) is 178 cm³/mol. The minimum absolute atomic E-state index is 0.0101. The Balaban J connectivity index is 2.11. The summed E-state index contributed by atoms with van der Waals surface area (Å²) in [6.45, 7) is 13.1. The maximum absolute atomic E-state index is 14.6. The second-order valence-corrected chi connectivity index (χ2v) is 13.0. The third kappa shape index (κ3) is 8.29. The molecule has 0 saturated carbocycles. The first kappa shape index (κ1) is 34.8. The van der Waals surface area contributed by atoms with Gasteiger partial charge in [-0.2, -0.15) is 0 Å². The fourth-order valence-electron chi connectivity index (χ4n) is 5.50. The Morgan fingerprint density at radius 1 is 1.00 bits per heavy atom. The van der Waals surface area contributed by atoms with E-state index in [9.17, 15) is 9.90 Å². The van der Waals surface area contributed by atoms with Crippen LogP contribution in [0.3, 0.4) is 0 Å². The number of Topliss-reactive ketones (excluding diaryl/α,β-unsaturated/α-hetero) is 1. The van der Waals surface area contributed by atoms with Crippen molar-refractivity contribution in [1.29, 1.82) is 0 Å². The number of alkyl halides is 1. The molecule has 6 nitrogen and oxygen atoms in total. The summed E-state index contributed by atoms with van der Waals surface area (Å²) in [4.78, 5) is 14.6. The number of ketones is 1. The molecule has 0 amide bonds. The second kappa shape index (κ2) is 16.4. The van der Waals surface area contributed by atoms with Crippen LogP contribution in [0.2, 0.25) is 0 Å². The van der Waals surface area contributed by atoms with Crippen molar-refractivity contribution in [2.24, 2.45) is 5.41 Å². The van der Waals surface area contributed by atoms with E-state index >= 15 is 0 Å². The van der Waals surface area contributed by atoms with E-state index in [0.29, 0.717) is 65.8 Å². The number of halogens is 1. The molecule has 1 aliphatic heterocycles. The van der Waals surface area contributed by atoms with E-state index < -0.39 is 11.5 Å². The van der Waals surface area contributed by atoms with E-state index in [1.165, 1.54) is 0 Å². The van der Waals surface area contributed by atoms with Crippen LogP contribution in [0.5, 0.6) is 17.2 Å². The Hall–Kier alpha value is -2.67. The summed E-state index contributed by atoms with van der Waals surface area (Å²) < 4.78 is 25.0. The summed E-state index contributed by atoms with van der Waals surface area (Å²) in [6.07, 6.45) is 13.6. The number of aliphatic hydroxyl groups is 1. The molecule has 0 saturated heterocycles. The summed E-state index contributed by atoms with van der Waals surface area (Å²) in [5.41, 5.74) is 2.72. The van der Waals surface area contributed by atoms with Gasteiger partial charge in [0.25, 0.3) is 0 Å². The predicted octanol–water partition coefficient (Wildman–Crippen LogP) is 9.76. The van der Waals surface area contributed by atoms with Crippen molar-refractivity contribution >= 4 is 21.7 Å². The first-order chi connectivity index (χ1) is 20.6. The molecule has 2 aliphatic rings. The van der Waals surface area contributed by atoms with Gasteiger partial charge in [0.05, 0.1) is 25.9 Å². The number of ether oxygens (including phenoxy) is 4. The number of carbonyl (C=O) groups is 1. The van der Waals surface area contributed by atoms with Gasteiger partial charge in [0, 0.05) is 22.5 Å². The zero-order chi connectivity index (χ0) is 31.6. The molecule has 2 unspecified atom stereocenters. The molecular formula is C36H51BrO6. The lowest BCUT2D eigenvalue weighted by molar-refractivity contribution is 0.0403. The molecule has 1 aromatic rings. The average Bonchev–Trinajstić information content (AvgIpc) is 2.96. The van der Waals surface area contributed by atoms with Gasteiger partial charge in [0.1, 0.15) is 28.8 Å². The molecule has 43 heavy (non-hydrogen) atoms. The van der Waals surface area contributed by atoms with Crippen LogP contribution in [0.15, 0.2) is 52.5 Å². The van der Waals surface area contributed by atoms with E-state index in [-0.39, 0.29) is 11.5 Å². The quantitative estimate of drug-likeness (QED) is 0.102. The normalized spacial score (nSPS) is 19.1. The number of rotatable bonds is 17. The SMILES string of the molecule is CCCCCCOC1=CC2Oc3cc(OCCCCCBr)c(OC)c(CC=C(C)C)c3C(=O)C2(C)C(O)=C1CC=C(C)C. The molecule has 0 aromatic heterocycles. The van der Waals surface area contributed by atoms with Crippen LogP contribution in [0, 0.1) is 5.41 Å². The molecule has 3 rings (SSSR count). The van der Waals surface area contributed by atoms with Crippen molar-refractivity contribution in [1.82, 2.24) is 0 Å². The maximum Gasteiger partial charge on any atom is 0.184 e. The molecule has 238 valence electrons. The Morgan fingerprint density at radius 2 is 1.65 bits per heavy atom. The molecule has 1 aromatic carbocycles. The van der Waals surface area contributed by atoms with E-state index in [4.69, 9.17) is 18.9 Å². The number of fused-ring (bicyclic) bond motifs is 2. The van der Waals surface area contributed by atoms with Crippen molar-refractivity contribution < 1.29 is 28.8 Å². The topological polar surface area (TPSA) is 74.2 Å². The van der Waals surface area contributed by atoms with Gasteiger partial charge in [-0.15, -0.1) is 0 Å². The molecular weight excluding hydrogens is 608 g/mol. The highest BCUT2D eigenvalue weighted by Gasteiger charge is 2.55. The van der Waals surface area contributed by atoms with Gasteiger partial charge in [0.15, 0.2) is 17.3 Å². The van der Waals surface area contributed by atoms with Gasteiger partial charge in [0.2, 0.25) is 0 Å². The van der Waals surface area contributed by atoms with Crippen molar-refractivity contribution in [3.8, 4) is 17.2 Å². The van der Waals surface area contributed by atoms with Crippen LogP contribution in [-0.4, -0.2) is 42.6 Å². The van der Waals surface area contributed by atoms with Crippen molar-refractivity contribution in [2.45, 2.75) is 105 Å². The highest BCUT2D eigenvalue weighted by atomic mass is 79.9. The summed E-state index contributed by atoms with van der Waals surface area (Å²) in [7, 11) is 1.60. The summed E-state index contributed by atoms with van der Waals surface area (Å²) >= 11 is 3.48. The minimum Gasteiger partial charge on any atom is -0.511 e. The van der Waals surface area contributed by atoms with Gasteiger partial charge in [-0.05, 0) is 79.2 Å². The first-order valence-corrected chi connectivity index (χ1v) is 16.9. The van der Waals surface area contributed by atoms with E-state index in [1.807, 2.05) is 33.8 Å².